The van der Waals surface area contributed by atoms with Crippen molar-refractivity contribution in [2.24, 2.45) is 11.8 Å². The number of hydrogen-bond donors (Lipinski definition) is 4. The Hall–Kier alpha value is -2.28. The van der Waals surface area contributed by atoms with Gasteiger partial charge >= 0.3 is 0 Å². The van der Waals surface area contributed by atoms with Gasteiger partial charge in [0.15, 0.2) is 0 Å². The predicted molar refractivity (Wildman–Crippen MR) is 90.7 cm³/mol. The molecule has 1 aromatic rings. The molecule has 1 fully saturated rings. The molecule has 0 aliphatic heterocycles. The maximum absolute atomic E-state index is 12.2. The van der Waals surface area contributed by atoms with E-state index in [0.717, 1.165) is 12.8 Å². The van der Waals surface area contributed by atoms with Crippen molar-refractivity contribution >= 4 is 17.5 Å². The summed E-state index contributed by atoms with van der Waals surface area (Å²) in [6, 6.07) is 4.79. The average molecular weight is 335 g/mol. The van der Waals surface area contributed by atoms with E-state index in [1.165, 1.54) is 6.07 Å². The zero-order valence-corrected chi connectivity index (χ0v) is 13.9. The highest BCUT2D eigenvalue weighted by Gasteiger charge is 2.21. The van der Waals surface area contributed by atoms with Gasteiger partial charge in [0.25, 0.3) is 5.91 Å². The lowest BCUT2D eigenvalue weighted by molar-refractivity contribution is -0.120. The largest absolute Gasteiger partial charge is 0.493 e. The topological polar surface area (TPSA) is 114 Å². The third-order valence-corrected chi connectivity index (χ3v) is 3.81. The smallest absolute Gasteiger partial charge is 0.253 e. The Morgan fingerprint density at radius 3 is 2.79 bits per heavy atom. The van der Waals surface area contributed by atoms with E-state index < -0.39 is 5.91 Å². The van der Waals surface area contributed by atoms with E-state index in [0.29, 0.717) is 30.5 Å². The number of anilines is 1. The number of nitrogens with one attached hydrogen (secondary N) is 2. The van der Waals surface area contributed by atoms with Crippen molar-refractivity contribution in [3.63, 3.8) is 0 Å². The molecule has 7 nitrogen and oxygen atoms in total. The lowest BCUT2D eigenvalue weighted by Gasteiger charge is -2.13. The van der Waals surface area contributed by atoms with Crippen LogP contribution in [0, 0.1) is 11.8 Å². The number of benzene rings is 1. The number of amides is 2. The normalized spacial score (nSPS) is 14.8. The van der Waals surface area contributed by atoms with Gasteiger partial charge in [-0.05, 0) is 37.0 Å². The van der Waals surface area contributed by atoms with E-state index in [1.54, 1.807) is 12.1 Å². The van der Waals surface area contributed by atoms with Gasteiger partial charge in [-0.1, -0.05) is 6.92 Å². The fourth-order valence-corrected chi connectivity index (χ4v) is 2.01. The summed E-state index contributed by atoms with van der Waals surface area (Å²) >= 11 is 0. The number of aliphatic hydroxyl groups is 1. The minimum Gasteiger partial charge on any atom is -0.493 e. The molecule has 5 N–H and O–H groups in total. The van der Waals surface area contributed by atoms with Crippen LogP contribution in [0.25, 0.3) is 0 Å². The van der Waals surface area contributed by atoms with Crippen LogP contribution in [0.5, 0.6) is 5.75 Å². The molecule has 2 amide bonds. The number of hydrogen-bond acceptors (Lipinski definition) is 5. The first-order valence-electron chi connectivity index (χ1n) is 8.17. The minimum atomic E-state index is -0.422. The van der Waals surface area contributed by atoms with Gasteiger partial charge in [0.1, 0.15) is 5.75 Å². The molecule has 0 spiro atoms. The second-order valence-corrected chi connectivity index (χ2v) is 6.28. The van der Waals surface area contributed by atoms with Crippen molar-refractivity contribution in [3.8, 4) is 5.75 Å². The second-order valence-electron chi connectivity index (χ2n) is 6.28. The standard InChI is InChI=1S/C17H25N3O4/c1-11(9-21)10-24-13-4-5-15(18)14(6-13)17(23)20-8-16(22)19-7-12-2-3-12/h4-6,11-12,21H,2-3,7-10,18H2,1H3,(H,19,22)(H,20,23). The Morgan fingerprint density at radius 1 is 1.38 bits per heavy atom. The van der Waals surface area contributed by atoms with Crippen molar-refractivity contribution in [3.05, 3.63) is 23.8 Å². The molecule has 0 heterocycles. The van der Waals surface area contributed by atoms with E-state index >= 15 is 0 Å². The molecule has 0 radical (unpaired) electrons. The summed E-state index contributed by atoms with van der Waals surface area (Å²) in [6.07, 6.45) is 2.32. The van der Waals surface area contributed by atoms with E-state index in [2.05, 4.69) is 10.6 Å². The van der Waals surface area contributed by atoms with Crippen molar-refractivity contribution in [2.45, 2.75) is 19.8 Å². The van der Waals surface area contributed by atoms with Crippen LogP contribution in [0.4, 0.5) is 5.69 Å². The molecule has 0 bridgehead atoms. The third-order valence-electron chi connectivity index (χ3n) is 3.81. The first-order valence-corrected chi connectivity index (χ1v) is 8.17. The van der Waals surface area contributed by atoms with E-state index in [4.69, 9.17) is 15.6 Å². The summed E-state index contributed by atoms with van der Waals surface area (Å²) in [5.41, 5.74) is 6.41. The number of carbonyl (C=O) groups excluding carboxylic acids is 2. The molecule has 1 aliphatic rings. The number of ether oxygens (including phenoxy) is 1. The number of aliphatic hydroxyl groups excluding tert-OH is 1. The van der Waals surface area contributed by atoms with Crippen LogP contribution in [-0.4, -0.2) is 43.2 Å². The van der Waals surface area contributed by atoms with E-state index in [9.17, 15) is 9.59 Å². The van der Waals surface area contributed by atoms with Crippen LogP contribution in [0.1, 0.15) is 30.1 Å². The Bertz CT molecular complexity index is 587. The lowest BCUT2D eigenvalue weighted by atomic mass is 10.1. The van der Waals surface area contributed by atoms with Crippen molar-refractivity contribution in [1.29, 1.82) is 0 Å². The minimum absolute atomic E-state index is 0.00464. The van der Waals surface area contributed by atoms with Crippen LogP contribution in [-0.2, 0) is 4.79 Å². The van der Waals surface area contributed by atoms with E-state index in [1.807, 2.05) is 6.92 Å². The number of carbonyl (C=O) groups is 2. The molecule has 1 aromatic carbocycles. The Labute approximate surface area is 141 Å². The van der Waals surface area contributed by atoms with Gasteiger partial charge in [0.2, 0.25) is 5.91 Å². The van der Waals surface area contributed by atoms with Crippen LogP contribution >= 0.6 is 0 Å². The Balaban J connectivity index is 1.86. The van der Waals surface area contributed by atoms with Crippen LogP contribution in [0.15, 0.2) is 18.2 Å². The molecule has 1 saturated carbocycles. The second kappa shape index (κ2) is 8.54. The maximum Gasteiger partial charge on any atom is 0.253 e. The summed E-state index contributed by atoms with van der Waals surface area (Å²) in [4.78, 5) is 23.9. The van der Waals surface area contributed by atoms with E-state index in [-0.39, 0.29) is 30.5 Å². The fourth-order valence-electron chi connectivity index (χ4n) is 2.01. The summed E-state index contributed by atoms with van der Waals surface area (Å²) in [6.45, 7) is 2.80. The molecular formula is C17H25N3O4. The lowest BCUT2D eigenvalue weighted by Crippen LogP contribution is -2.37. The number of nitrogen functional groups attached to an aromatic ring is 1. The van der Waals surface area contributed by atoms with Gasteiger partial charge in [0.05, 0.1) is 18.7 Å². The maximum atomic E-state index is 12.2. The number of rotatable bonds is 9. The molecule has 1 atom stereocenters. The Morgan fingerprint density at radius 2 is 2.12 bits per heavy atom. The van der Waals surface area contributed by atoms with Crippen molar-refractivity contribution < 1.29 is 19.4 Å². The SMILES string of the molecule is CC(CO)COc1ccc(N)c(C(=O)NCC(=O)NCC2CC2)c1. The third kappa shape index (κ3) is 5.73. The molecule has 7 heteroatoms. The van der Waals surface area contributed by atoms with Crippen LogP contribution in [0.2, 0.25) is 0 Å². The fraction of sp³-hybridized carbons (Fsp3) is 0.529. The molecular weight excluding hydrogens is 310 g/mol. The summed E-state index contributed by atoms with van der Waals surface area (Å²) in [5, 5.41) is 14.3. The predicted octanol–water partition coefficient (Wildman–Crippen LogP) is 0.532. The van der Waals surface area contributed by atoms with Gasteiger partial charge in [-0.25, -0.2) is 0 Å². The quantitative estimate of drug-likeness (QED) is 0.492. The zero-order chi connectivity index (χ0) is 17.5. The monoisotopic (exact) mass is 335 g/mol. The molecule has 1 unspecified atom stereocenters. The zero-order valence-electron chi connectivity index (χ0n) is 13.9. The Kier molecular flexibility index (Phi) is 6.43. The van der Waals surface area contributed by atoms with Gasteiger partial charge in [0, 0.05) is 24.8 Å². The molecule has 1 aliphatic carbocycles. The summed E-state index contributed by atoms with van der Waals surface area (Å²) < 4.78 is 5.53. The molecule has 132 valence electrons. The van der Waals surface area contributed by atoms with Crippen LogP contribution in [0.3, 0.4) is 0 Å². The van der Waals surface area contributed by atoms with Gasteiger partial charge in [-0.3, -0.25) is 9.59 Å². The van der Waals surface area contributed by atoms with Crippen molar-refractivity contribution in [1.82, 2.24) is 10.6 Å². The highest BCUT2D eigenvalue weighted by Crippen LogP contribution is 2.27. The molecule has 24 heavy (non-hydrogen) atoms. The van der Waals surface area contributed by atoms with Gasteiger partial charge in [-0.2, -0.15) is 0 Å². The highest BCUT2D eigenvalue weighted by molar-refractivity contribution is 6.01. The van der Waals surface area contributed by atoms with Crippen molar-refractivity contribution in [2.75, 3.05) is 32.0 Å². The van der Waals surface area contributed by atoms with Gasteiger partial charge < -0.3 is 26.2 Å². The highest BCUT2D eigenvalue weighted by atomic mass is 16.5. The first-order chi connectivity index (χ1) is 11.5. The summed E-state index contributed by atoms with van der Waals surface area (Å²) in [5.74, 6) is 0.450. The first kappa shape index (κ1) is 18.1. The average Bonchev–Trinajstić information content (AvgIpc) is 3.41. The van der Waals surface area contributed by atoms with Gasteiger partial charge in [-0.15, -0.1) is 0 Å². The summed E-state index contributed by atoms with van der Waals surface area (Å²) in [7, 11) is 0. The molecule has 0 saturated heterocycles. The molecule has 2 rings (SSSR count). The molecule has 0 aromatic heterocycles. The number of nitrogens with two attached hydrogens (primary N) is 1. The van der Waals surface area contributed by atoms with Crippen LogP contribution < -0.4 is 21.1 Å².